The number of hydrogen-bond acceptors (Lipinski definition) is 5. The first-order valence-electron chi connectivity index (χ1n) is 11.2. The molecule has 7 heteroatoms. The van der Waals surface area contributed by atoms with Crippen LogP contribution in [0.15, 0.2) is 83.2 Å². The molecule has 1 heterocycles. The van der Waals surface area contributed by atoms with Gasteiger partial charge in [-0.2, -0.15) is 0 Å². The molecule has 0 saturated heterocycles. The van der Waals surface area contributed by atoms with Gasteiger partial charge in [0, 0.05) is 16.9 Å². The number of thioether (sulfide) groups is 1. The Bertz CT molecular complexity index is 1550. The quantitative estimate of drug-likeness (QED) is 0.247. The number of carbonyl (C=O) groups excluding carboxylic acids is 2. The number of thiazole rings is 1. The molecule has 35 heavy (non-hydrogen) atoms. The Labute approximate surface area is 211 Å². The van der Waals surface area contributed by atoms with Crippen molar-refractivity contribution in [2.75, 3.05) is 16.4 Å². The van der Waals surface area contributed by atoms with Crippen LogP contribution in [0.3, 0.4) is 0 Å². The molecule has 174 valence electrons. The van der Waals surface area contributed by atoms with Crippen LogP contribution in [0.1, 0.15) is 21.5 Å². The zero-order chi connectivity index (χ0) is 24.4. The van der Waals surface area contributed by atoms with Crippen LogP contribution < -0.4 is 10.6 Å². The lowest BCUT2D eigenvalue weighted by Gasteiger charge is -2.10. The van der Waals surface area contributed by atoms with Crippen LogP contribution in [0.5, 0.6) is 0 Å². The van der Waals surface area contributed by atoms with Crippen LogP contribution in [0, 0.1) is 13.8 Å². The summed E-state index contributed by atoms with van der Waals surface area (Å²) < 4.78 is 1.77. The van der Waals surface area contributed by atoms with Crippen LogP contribution in [-0.4, -0.2) is 22.6 Å². The van der Waals surface area contributed by atoms with E-state index in [-0.39, 0.29) is 17.6 Å². The first-order chi connectivity index (χ1) is 17.0. The van der Waals surface area contributed by atoms with Crippen molar-refractivity contribution in [2.24, 2.45) is 0 Å². The van der Waals surface area contributed by atoms with Gasteiger partial charge >= 0.3 is 0 Å². The lowest BCUT2D eigenvalue weighted by Crippen LogP contribution is -2.15. The van der Waals surface area contributed by atoms with Crippen molar-refractivity contribution in [2.45, 2.75) is 18.2 Å². The molecule has 0 radical (unpaired) electrons. The predicted octanol–water partition coefficient (Wildman–Crippen LogP) is 7.05. The number of para-hydroxylation sites is 1. The maximum Gasteiger partial charge on any atom is 0.256 e. The lowest BCUT2D eigenvalue weighted by atomic mass is 10.0. The molecule has 4 aromatic carbocycles. The second-order valence-corrected chi connectivity index (χ2v) is 10.5. The van der Waals surface area contributed by atoms with Crippen molar-refractivity contribution in [1.82, 2.24) is 4.98 Å². The highest BCUT2D eigenvalue weighted by molar-refractivity contribution is 8.01. The number of benzene rings is 4. The molecule has 0 spiro atoms. The molecular formula is C28H23N3O2S2. The maximum absolute atomic E-state index is 13.0. The normalized spacial score (nSPS) is 11.0. The molecule has 5 nitrogen and oxygen atoms in total. The van der Waals surface area contributed by atoms with Crippen LogP contribution in [0.4, 0.5) is 11.4 Å². The average Bonchev–Trinajstić information content (AvgIpc) is 3.27. The first-order valence-corrected chi connectivity index (χ1v) is 13.0. The summed E-state index contributed by atoms with van der Waals surface area (Å²) in [5.74, 6) is 0.0660. The van der Waals surface area contributed by atoms with Crippen molar-refractivity contribution in [3.05, 3.63) is 95.6 Å². The number of nitrogens with zero attached hydrogens (tertiary/aromatic N) is 1. The molecular weight excluding hydrogens is 474 g/mol. The van der Waals surface area contributed by atoms with Crippen LogP contribution in [-0.2, 0) is 4.79 Å². The minimum Gasteiger partial charge on any atom is -0.325 e. The van der Waals surface area contributed by atoms with Gasteiger partial charge in [0.25, 0.3) is 5.91 Å². The van der Waals surface area contributed by atoms with Crippen molar-refractivity contribution < 1.29 is 9.59 Å². The van der Waals surface area contributed by atoms with Gasteiger partial charge < -0.3 is 10.6 Å². The van der Waals surface area contributed by atoms with Gasteiger partial charge in [-0.15, -0.1) is 11.3 Å². The SMILES string of the molecule is Cc1cccc(C)c1NC(=O)CSc1nc2ccc(NC(=O)c3cccc4ccccc34)cc2s1. The number of aromatic nitrogens is 1. The van der Waals surface area contributed by atoms with E-state index in [0.29, 0.717) is 11.3 Å². The minimum absolute atomic E-state index is 0.0605. The summed E-state index contributed by atoms with van der Waals surface area (Å²) >= 11 is 2.92. The average molecular weight is 498 g/mol. The Morgan fingerprint density at radius 1 is 0.886 bits per heavy atom. The van der Waals surface area contributed by atoms with E-state index in [4.69, 9.17) is 0 Å². The van der Waals surface area contributed by atoms with Crippen molar-refractivity contribution in [3.63, 3.8) is 0 Å². The maximum atomic E-state index is 13.0. The third-order valence-corrected chi connectivity index (χ3v) is 7.89. The molecule has 0 fully saturated rings. The molecule has 0 atom stereocenters. The molecule has 5 aromatic rings. The third-order valence-electron chi connectivity index (χ3n) is 5.73. The van der Waals surface area contributed by atoms with Crippen LogP contribution in [0.25, 0.3) is 21.0 Å². The highest BCUT2D eigenvalue weighted by Crippen LogP contribution is 2.32. The van der Waals surface area contributed by atoms with Gasteiger partial charge in [0.05, 0.1) is 16.0 Å². The van der Waals surface area contributed by atoms with Crippen LogP contribution in [0.2, 0.25) is 0 Å². The van der Waals surface area contributed by atoms with Gasteiger partial charge in [0.15, 0.2) is 4.34 Å². The van der Waals surface area contributed by atoms with Gasteiger partial charge in [0.1, 0.15) is 0 Å². The van der Waals surface area contributed by atoms with Gasteiger partial charge in [-0.3, -0.25) is 9.59 Å². The van der Waals surface area contributed by atoms with Gasteiger partial charge in [-0.05, 0) is 60.0 Å². The summed E-state index contributed by atoms with van der Waals surface area (Å²) in [5, 5.41) is 7.97. The summed E-state index contributed by atoms with van der Waals surface area (Å²) in [6.07, 6.45) is 0. The summed E-state index contributed by atoms with van der Waals surface area (Å²) in [4.78, 5) is 30.1. The van der Waals surface area contributed by atoms with Crippen molar-refractivity contribution in [1.29, 1.82) is 0 Å². The van der Waals surface area contributed by atoms with Gasteiger partial charge in [-0.1, -0.05) is 66.4 Å². The molecule has 0 aliphatic rings. The van der Waals surface area contributed by atoms with E-state index in [9.17, 15) is 9.59 Å². The van der Waals surface area contributed by atoms with E-state index in [1.165, 1.54) is 23.1 Å². The lowest BCUT2D eigenvalue weighted by molar-refractivity contribution is -0.113. The molecule has 5 rings (SSSR count). The third kappa shape index (κ3) is 5.06. The van der Waals surface area contributed by atoms with Crippen molar-refractivity contribution >= 4 is 67.3 Å². The monoisotopic (exact) mass is 497 g/mol. The number of amides is 2. The molecule has 2 N–H and O–H groups in total. The number of nitrogens with one attached hydrogen (secondary N) is 2. The second kappa shape index (κ2) is 9.90. The second-order valence-electron chi connectivity index (χ2n) is 8.25. The zero-order valence-electron chi connectivity index (χ0n) is 19.3. The molecule has 2 amide bonds. The topological polar surface area (TPSA) is 71.1 Å². The first kappa shape index (κ1) is 23.1. The fourth-order valence-electron chi connectivity index (χ4n) is 3.98. The molecule has 0 aliphatic carbocycles. The Kier molecular flexibility index (Phi) is 6.53. The number of anilines is 2. The fourth-order valence-corrected chi connectivity index (χ4v) is 5.89. The summed E-state index contributed by atoms with van der Waals surface area (Å²) in [5.41, 5.74) is 5.15. The summed E-state index contributed by atoms with van der Waals surface area (Å²) in [6, 6.07) is 25.2. The minimum atomic E-state index is -0.150. The summed E-state index contributed by atoms with van der Waals surface area (Å²) in [6.45, 7) is 3.97. The number of fused-ring (bicyclic) bond motifs is 2. The van der Waals surface area contributed by atoms with E-state index in [2.05, 4.69) is 15.6 Å². The number of rotatable bonds is 6. The van der Waals surface area contributed by atoms with E-state index in [1.54, 1.807) is 0 Å². The smallest absolute Gasteiger partial charge is 0.256 e. The van der Waals surface area contributed by atoms with Gasteiger partial charge in [0.2, 0.25) is 5.91 Å². The number of aryl methyl sites for hydroxylation is 2. The number of hydrogen-bond donors (Lipinski definition) is 2. The van der Waals surface area contributed by atoms with Crippen molar-refractivity contribution in [3.8, 4) is 0 Å². The Hall–Kier alpha value is -3.68. The van der Waals surface area contributed by atoms with Gasteiger partial charge in [-0.25, -0.2) is 4.98 Å². The predicted molar refractivity (Wildman–Crippen MR) is 147 cm³/mol. The Balaban J connectivity index is 1.27. The molecule has 0 unspecified atom stereocenters. The Morgan fingerprint density at radius 3 is 2.46 bits per heavy atom. The van der Waals surface area contributed by atoms with E-state index in [0.717, 1.165) is 42.1 Å². The van der Waals surface area contributed by atoms with E-state index in [1.807, 2.05) is 92.7 Å². The molecule has 0 bridgehead atoms. The number of carbonyl (C=O) groups is 2. The molecule has 1 aromatic heterocycles. The standard InChI is InChI=1S/C28H23N3O2S2/c1-17-7-5-8-18(2)26(17)31-25(32)16-34-28-30-23-14-13-20(15-24(23)35-28)29-27(33)22-12-6-10-19-9-3-4-11-21(19)22/h3-15H,16H2,1-2H3,(H,29,33)(H,31,32). The molecule has 0 aliphatic heterocycles. The highest BCUT2D eigenvalue weighted by atomic mass is 32.2. The Morgan fingerprint density at radius 2 is 1.63 bits per heavy atom. The van der Waals surface area contributed by atoms with E-state index >= 15 is 0 Å². The van der Waals surface area contributed by atoms with Crippen LogP contribution >= 0.6 is 23.1 Å². The fraction of sp³-hybridized carbons (Fsp3) is 0.107. The largest absolute Gasteiger partial charge is 0.325 e. The summed E-state index contributed by atoms with van der Waals surface area (Å²) in [7, 11) is 0. The molecule has 0 saturated carbocycles. The van der Waals surface area contributed by atoms with E-state index < -0.39 is 0 Å². The zero-order valence-corrected chi connectivity index (χ0v) is 20.9. The highest BCUT2D eigenvalue weighted by Gasteiger charge is 2.13.